The monoisotopic (exact) mass is 417 g/mol. The van der Waals surface area contributed by atoms with Crippen molar-refractivity contribution < 1.29 is 18.7 Å². The number of amides is 1. The van der Waals surface area contributed by atoms with Crippen LogP contribution in [0.1, 0.15) is 27.3 Å². The van der Waals surface area contributed by atoms with Gasteiger partial charge >= 0.3 is 5.97 Å². The Labute approximate surface area is 179 Å². The predicted molar refractivity (Wildman–Crippen MR) is 115 cm³/mol. The number of carbonyl (C=O) groups is 2. The maximum absolute atomic E-state index is 13.8. The number of anilines is 1. The molecule has 0 radical (unpaired) electrons. The van der Waals surface area contributed by atoms with Crippen LogP contribution in [0.15, 0.2) is 60.2 Å². The number of ether oxygens (including phenoxy) is 1. The third kappa shape index (κ3) is 4.54. The largest absolute Gasteiger partial charge is 0.465 e. The first-order valence-electron chi connectivity index (χ1n) is 9.41. The summed E-state index contributed by atoms with van der Waals surface area (Å²) in [4.78, 5) is 24.1. The van der Waals surface area contributed by atoms with Gasteiger partial charge in [-0.05, 0) is 68.0 Å². The molecule has 3 rings (SSSR count). The zero-order valence-electron chi connectivity index (χ0n) is 17.3. The van der Waals surface area contributed by atoms with Crippen LogP contribution in [0, 0.1) is 31.0 Å². The number of nitrogens with zero attached hydrogens (tertiary/aromatic N) is 2. The van der Waals surface area contributed by atoms with E-state index in [0.29, 0.717) is 11.1 Å². The van der Waals surface area contributed by atoms with Gasteiger partial charge in [-0.2, -0.15) is 5.26 Å². The van der Waals surface area contributed by atoms with Gasteiger partial charge in [-0.25, -0.2) is 9.18 Å². The quantitative estimate of drug-likeness (QED) is 0.375. The van der Waals surface area contributed by atoms with Gasteiger partial charge in [0.1, 0.15) is 17.5 Å². The van der Waals surface area contributed by atoms with Gasteiger partial charge in [0, 0.05) is 17.1 Å². The summed E-state index contributed by atoms with van der Waals surface area (Å²) in [7, 11) is 1.32. The predicted octanol–water partition coefficient (Wildman–Crippen LogP) is 4.57. The van der Waals surface area contributed by atoms with Crippen molar-refractivity contribution >= 4 is 23.6 Å². The van der Waals surface area contributed by atoms with Gasteiger partial charge in [-0.15, -0.1) is 0 Å². The molecular formula is C24H20FN3O3. The lowest BCUT2D eigenvalue weighted by Gasteiger charge is -2.10. The summed E-state index contributed by atoms with van der Waals surface area (Å²) in [5, 5.41) is 11.9. The molecule has 0 fully saturated rings. The Morgan fingerprint density at radius 1 is 1.13 bits per heavy atom. The van der Waals surface area contributed by atoms with Gasteiger partial charge < -0.3 is 14.6 Å². The molecule has 1 aromatic heterocycles. The fourth-order valence-corrected chi connectivity index (χ4v) is 3.25. The minimum absolute atomic E-state index is 0.00446. The Balaban J connectivity index is 1.92. The van der Waals surface area contributed by atoms with Crippen LogP contribution in [0.2, 0.25) is 0 Å². The molecule has 1 amide bonds. The van der Waals surface area contributed by atoms with E-state index in [0.717, 1.165) is 17.1 Å². The third-order valence-corrected chi connectivity index (χ3v) is 4.80. The summed E-state index contributed by atoms with van der Waals surface area (Å²) < 4.78 is 20.5. The number of methoxy groups -OCH3 is 1. The molecule has 2 aromatic carbocycles. The molecule has 6 nitrogen and oxygen atoms in total. The molecule has 1 N–H and O–H groups in total. The highest BCUT2D eigenvalue weighted by Crippen LogP contribution is 2.24. The molecule has 3 aromatic rings. The van der Waals surface area contributed by atoms with Crippen LogP contribution in [-0.4, -0.2) is 23.6 Å². The second-order valence-electron chi connectivity index (χ2n) is 6.80. The average molecular weight is 417 g/mol. The summed E-state index contributed by atoms with van der Waals surface area (Å²) in [6, 6.07) is 16.4. The number of halogens is 1. The minimum atomic E-state index is -0.695. The van der Waals surface area contributed by atoms with E-state index in [4.69, 9.17) is 4.74 Å². The van der Waals surface area contributed by atoms with Crippen molar-refractivity contribution in [2.45, 2.75) is 13.8 Å². The highest BCUT2D eigenvalue weighted by atomic mass is 19.1. The van der Waals surface area contributed by atoms with E-state index >= 15 is 0 Å². The maximum atomic E-state index is 13.8. The second kappa shape index (κ2) is 9.09. The van der Waals surface area contributed by atoms with E-state index < -0.39 is 17.7 Å². The Morgan fingerprint density at radius 2 is 1.81 bits per heavy atom. The van der Waals surface area contributed by atoms with Gasteiger partial charge in [0.15, 0.2) is 0 Å². The molecule has 156 valence electrons. The van der Waals surface area contributed by atoms with E-state index in [1.54, 1.807) is 30.3 Å². The molecule has 0 bridgehead atoms. The lowest BCUT2D eigenvalue weighted by Crippen LogP contribution is -2.14. The van der Waals surface area contributed by atoms with Crippen LogP contribution in [0.4, 0.5) is 10.1 Å². The van der Waals surface area contributed by atoms with Gasteiger partial charge in [-0.3, -0.25) is 4.79 Å². The summed E-state index contributed by atoms with van der Waals surface area (Å²) in [5.41, 5.74) is 3.46. The van der Waals surface area contributed by atoms with Crippen LogP contribution in [0.3, 0.4) is 0 Å². The van der Waals surface area contributed by atoms with Crippen molar-refractivity contribution in [1.29, 1.82) is 5.26 Å². The minimum Gasteiger partial charge on any atom is -0.465 e. The maximum Gasteiger partial charge on any atom is 0.337 e. The number of carbonyl (C=O) groups excluding carboxylic acids is 2. The first-order valence-corrected chi connectivity index (χ1v) is 9.41. The van der Waals surface area contributed by atoms with E-state index in [1.165, 1.54) is 31.4 Å². The fraction of sp³-hybridized carbons (Fsp3) is 0.125. The first-order chi connectivity index (χ1) is 14.8. The van der Waals surface area contributed by atoms with Crippen LogP contribution in [0.5, 0.6) is 0 Å². The van der Waals surface area contributed by atoms with Gasteiger partial charge in [-0.1, -0.05) is 12.1 Å². The van der Waals surface area contributed by atoms with E-state index in [2.05, 4.69) is 5.32 Å². The molecule has 0 unspecified atom stereocenters. The number of hydrogen-bond acceptors (Lipinski definition) is 4. The number of aryl methyl sites for hydroxylation is 1. The average Bonchev–Trinajstić information content (AvgIpc) is 3.05. The van der Waals surface area contributed by atoms with Crippen molar-refractivity contribution in [2.24, 2.45) is 0 Å². The standard InChI is InChI=1S/C24H20FN3O3/c1-15-12-18(13-19(14-26)23(29)27-22-7-5-4-6-21(22)25)16(2)28(15)20-10-8-17(9-11-20)24(30)31-3/h4-13H,1-3H3,(H,27,29)/b19-13-. The number of rotatable bonds is 5. The summed E-state index contributed by atoms with van der Waals surface area (Å²) in [6.45, 7) is 3.75. The summed E-state index contributed by atoms with van der Waals surface area (Å²) >= 11 is 0. The molecule has 0 saturated carbocycles. The second-order valence-corrected chi connectivity index (χ2v) is 6.80. The molecule has 0 atom stereocenters. The van der Waals surface area contributed by atoms with Crippen molar-refractivity contribution in [3.8, 4) is 11.8 Å². The topological polar surface area (TPSA) is 84.1 Å². The third-order valence-electron chi connectivity index (χ3n) is 4.80. The highest BCUT2D eigenvalue weighted by Gasteiger charge is 2.15. The zero-order chi connectivity index (χ0) is 22.5. The Bertz CT molecular complexity index is 1220. The molecule has 0 saturated heterocycles. The molecule has 0 aliphatic carbocycles. The number of esters is 1. The van der Waals surface area contributed by atoms with Gasteiger partial charge in [0.2, 0.25) is 0 Å². The Kier molecular flexibility index (Phi) is 6.32. The molecule has 0 aliphatic heterocycles. The van der Waals surface area contributed by atoms with Crippen LogP contribution < -0.4 is 5.32 Å². The van der Waals surface area contributed by atoms with Crippen LogP contribution >= 0.6 is 0 Å². The summed E-state index contributed by atoms with van der Waals surface area (Å²) in [5.74, 6) is -1.70. The number of benzene rings is 2. The number of hydrogen-bond donors (Lipinski definition) is 1. The number of para-hydroxylation sites is 1. The molecule has 1 heterocycles. The number of aromatic nitrogens is 1. The Hall–Kier alpha value is -4.18. The van der Waals surface area contributed by atoms with E-state index in [9.17, 15) is 19.2 Å². The normalized spacial score (nSPS) is 11.0. The van der Waals surface area contributed by atoms with Crippen LogP contribution in [-0.2, 0) is 9.53 Å². The van der Waals surface area contributed by atoms with Crippen molar-refractivity contribution in [1.82, 2.24) is 4.57 Å². The first kappa shape index (κ1) is 21.5. The molecule has 31 heavy (non-hydrogen) atoms. The van der Waals surface area contributed by atoms with Gasteiger partial charge in [0.05, 0.1) is 18.4 Å². The van der Waals surface area contributed by atoms with E-state index in [1.807, 2.05) is 30.6 Å². The Morgan fingerprint density at radius 3 is 2.42 bits per heavy atom. The summed E-state index contributed by atoms with van der Waals surface area (Å²) in [6.07, 6.45) is 1.47. The highest BCUT2D eigenvalue weighted by molar-refractivity contribution is 6.09. The number of nitriles is 1. The van der Waals surface area contributed by atoms with Crippen LogP contribution in [0.25, 0.3) is 11.8 Å². The fourth-order valence-electron chi connectivity index (χ4n) is 3.25. The lowest BCUT2D eigenvalue weighted by atomic mass is 10.1. The van der Waals surface area contributed by atoms with E-state index in [-0.39, 0.29) is 11.3 Å². The molecule has 7 heteroatoms. The van der Waals surface area contributed by atoms with Crippen molar-refractivity contribution in [2.75, 3.05) is 12.4 Å². The smallest absolute Gasteiger partial charge is 0.337 e. The zero-order valence-corrected chi connectivity index (χ0v) is 17.3. The van der Waals surface area contributed by atoms with Crippen molar-refractivity contribution in [3.63, 3.8) is 0 Å². The SMILES string of the molecule is COC(=O)c1ccc(-n2c(C)cc(/C=C(/C#N)C(=O)Nc3ccccc3F)c2C)cc1. The molecular weight excluding hydrogens is 397 g/mol. The molecule has 0 spiro atoms. The lowest BCUT2D eigenvalue weighted by molar-refractivity contribution is -0.112. The number of nitrogens with one attached hydrogen (secondary N) is 1. The van der Waals surface area contributed by atoms with Gasteiger partial charge in [0.25, 0.3) is 5.91 Å². The van der Waals surface area contributed by atoms with Crippen molar-refractivity contribution in [3.05, 3.63) is 88.5 Å². The molecule has 0 aliphatic rings.